The van der Waals surface area contributed by atoms with Crippen LogP contribution in [0.15, 0.2) is 23.2 Å². The van der Waals surface area contributed by atoms with Gasteiger partial charge in [0.2, 0.25) is 0 Å². The molecule has 1 aliphatic rings. The molecule has 1 aromatic carbocycles. The second-order valence-electron chi connectivity index (χ2n) is 5.03. The van der Waals surface area contributed by atoms with Gasteiger partial charge in [-0.05, 0) is 36.3 Å². The summed E-state index contributed by atoms with van der Waals surface area (Å²) in [5, 5.41) is 16.3. The molecule has 22 heavy (non-hydrogen) atoms. The van der Waals surface area contributed by atoms with Gasteiger partial charge in [-0.15, -0.1) is 24.0 Å². The fraction of sp³-hybridized carbons (Fsp3) is 0.533. The SMILES string of the molecule is CN=C(NCc1ccc(F)c(CO)c1)NCC1CCCS1.I. The summed E-state index contributed by atoms with van der Waals surface area (Å²) < 4.78 is 13.3. The van der Waals surface area contributed by atoms with Crippen LogP contribution in [0.1, 0.15) is 24.0 Å². The molecule has 1 fully saturated rings. The summed E-state index contributed by atoms with van der Waals surface area (Å²) >= 11 is 2.00. The monoisotopic (exact) mass is 439 g/mol. The zero-order valence-electron chi connectivity index (χ0n) is 12.6. The third-order valence-electron chi connectivity index (χ3n) is 3.49. The molecule has 1 aliphatic heterocycles. The predicted octanol–water partition coefficient (Wildman–Crippen LogP) is 2.50. The number of rotatable bonds is 5. The lowest BCUT2D eigenvalue weighted by Gasteiger charge is -2.15. The lowest BCUT2D eigenvalue weighted by molar-refractivity contribution is 0.275. The van der Waals surface area contributed by atoms with E-state index in [1.165, 1.54) is 24.7 Å². The number of benzene rings is 1. The molecule has 124 valence electrons. The maximum atomic E-state index is 13.3. The standard InChI is InChI=1S/C15H22FN3OS.HI/c1-17-15(19-9-13-3-2-6-21-13)18-8-11-4-5-14(16)12(7-11)10-20;/h4-5,7,13,20H,2-3,6,8-10H2,1H3,(H2,17,18,19);1H. The first-order valence-corrected chi connectivity index (χ1v) is 8.22. The number of aliphatic hydroxyl groups is 1. The molecule has 1 aromatic rings. The molecule has 1 unspecified atom stereocenters. The first kappa shape index (κ1) is 19.5. The summed E-state index contributed by atoms with van der Waals surface area (Å²) in [7, 11) is 1.74. The van der Waals surface area contributed by atoms with Gasteiger partial charge < -0.3 is 15.7 Å². The highest BCUT2D eigenvalue weighted by Gasteiger charge is 2.15. The van der Waals surface area contributed by atoms with Crippen LogP contribution in [0.3, 0.4) is 0 Å². The van der Waals surface area contributed by atoms with Crippen LogP contribution in [0.4, 0.5) is 4.39 Å². The molecule has 0 spiro atoms. The predicted molar refractivity (Wildman–Crippen MR) is 101 cm³/mol. The Kier molecular flexibility index (Phi) is 9.11. The van der Waals surface area contributed by atoms with Gasteiger partial charge in [0.15, 0.2) is 5.96 Å². The molecule has 0 aromatic heterocycles. The Hall–Kier alpha value is -0.540. The quantitative estimate of drug-likeness (QED) is 0.375. The summed E-state index contributed by atoms with van der Waals surface area (Å²) in [5.41, 5.74) is 1.23. The Morgan fingerprint density at radius 2 is 2.27 bits per heavy atom. The topological polar surface area (TPSA) is 56.7 Å². The number of guanidine groups is 1. The summed E-state index contributed by atoms with van der Waals surface area (Å²) in [4.78, 5) is 4.19. The van der Waals surface area contributed by atoms with Gasteiger partial charge in [0, 0.05) is 31.0 Å². The van der Waals surface area contributed by atoms with Crippen molar-refractivity contribution in [2.24, 2.45) is 4.99 Å². The first-order chi connectivity index (χ1) is 10.2. The normalized spacial score (nSPS) is 18.0. The number of halogens is 2. The number of aliphatic hydroxyl groups excluding tert-OH is 1. The number of thioether (sulfide) groups is 1. The highest BCUT2D eigenvalue weighted by Crippen LogP contribution is 2.25. The number of nitrogens with zero attached hydrogens (tertiary/aromatic N) is 1. The van der Waals surface area contributed by atoms with Crippen molar-refractivity contribution in [1.82, 2.24) is 10.6 Å². The largest absolute Gasteiger partial charge is 0.392 e. The molecule has 0 bridgehead atoms. The van der Waals surface area contributed by atoms with E-state index < -0.39 is 0 Å². The van der Waals surface area contributed by atoms with Crippen LogP contribution in [0, 0.1) is 5.82 Å². The molecule has 1 saturated heterocycles. The Morgan fingerprint density at radius 3 is 2.91 bits per heavy atom. The third kappa shape index (κ3) is 5.92. The second-order valence-corrected chi connectivity index (χ2v) is 6.43. The molecule has 0 amide bonds. The van der Waals surface area contributed by atoms with Crippen molar-refractivity contribution in [2.75, 3.05) is 19.3 Å². The van der Waals surface area contributed by atoms with E-state index in [0.29, 0.717) is 17.4 Å². The molecular formula is C15H23FIN3OS. The molecule has 0 saturated carbocycles. The molecule has 4 nitrogen and oxygen atoms in total. The fourth-order valence-corrected chi connectivity index (χ4v) is 3.48. The number of nitrogens with one attached hydrogen (secondary N) is 2. The third-order valence-corrected chi connectivity index (χ3v) is 4.88. The minimum Gasteiger partial charge on any atom is -0.392 e. The maximum absolute atomic E-state index is 13.3. The van der Waals surface area contributed by atoms with E-state index in [1.54, 1.807) is 19.2 Å². The van der Waals surface area contributed by atoms with E-state index in [4.69, 9.17) is 5.11 Å². The Balaban J connectivity index is 0.00000242. The highest BCUT2D eigenvalue weighted by atomic mass is 127. The first-order valence-electron chi connectivity index (χ1n) is 7.17. The Labute approximate surface area is 152 Å². The van der Waals surface area contributed by atoms with Gasteiger partial charge in [-0.3, -0.25) is 4.99 Å². The molecule has 1 atom stereocenters. The van der Waals surface area contributed by atoms with Crippen LogP contribution in [0.25, 0.3) is 0 Å². The molecule has 7 heteroatoms. The van der Waals surface area contributed by atoms with Gasteiger partial charge >= 0.3 is 0 Å². The van der Waals surface area contributed by atoms with E-state index in [2.05, 4.69) is 15.6 Å². The van der Waals surface area contributed by atoms with Crippen molar-refractivity contribution in [1.29, 1.82) is 0 Å². The van der Waals surface area contributed by atoms with Crippen LogP contribution < -0.4 is 10.6 Å². The van der Waals surface area contributed by atoms with E-state index in [0.717, 1.165) is 18.1 Å². The molecule has 0 radical (unpaired) electrons. The average molecular weight is 439 g/mol. The van der Waals surface area contributed by atoms with E-state index in [9.17, 15) is 4.39 Å². The molecule has 0 aliphatic carbocycles. The Morgan fingerprint density at radius 1 is 1.45 bits per heavy atom. The van der Waals surface area contributed by atoms with Gasteiger partial charge in [-0.1, -0.05) is 6.07 Å². The van der Waals surface area contributed by atoms with Crippen molar-refractivity contribution >= 4 is 41.7 Å². The van der Waals surface area contributed by atoms with E-state index >= 15 is 0 Å². The zero-order chi connectivity index (χ0) is 15.1. The average Bonchev–Trinajstić information content (AvgIpc) is 3.02. The number of hydrogen-bond acceptors (Lipinski definition) is 3. The number of aliphatic imine (C=N–C) groups is 1. The van der Waals surface area contributed by atoms with Gasteiger partial charge in [-0.25, -0.2) is 4.39 Å². The minimum atomic E-state index is -0.373. The van der Waals surface area contributed by atoms with Gasteiger partial charge in [0.05, 0.1) is 6.61 Å². The smallest absolute Gasteiger partial charge is 0.191 e. The Bertz CT molecular complexity index is 496. The minimum absolute atomic E-state index is 0. The van der Waals surface area contributed by atoms with Gasteiger partial charge in [0.1, 0.15) is 5.82 Å². The summed E-state index contributed by atoms with van der Waals surface area (Å²) in [6.07, 6.45) is 2.55. The summed E-state index contributed by atoms with van der Waals surface area (Å²) in [6.45, 7) is 1.17. The second kappa shape index (κ2) is 10.3. The van der Waals surface area contributed by atoms with Crippen LogP contribution in [0.5, 0.6) is 0 Å². The van der Waals surface area contributed by atoms with Crippen molar-refractivity contribution in [3.63, 3.8) is 0 Å². The van der Waals surface area contributed by atoms with Crippen LogP contribution in [-0.4, -0.2) is 35.7 Å². The molecule has 3 N–H and O–H groups in total. The highest BCUT2D eigenvalue weighted by molar-refractivity contribution is 14.0. The van der Waals surface area contributed by atoms with E-state index in [1.807, 2.05) is 11.8 Å². The van der Waals surface area contributed by atoms with Crippen LogP contribution in [0.2, 0.25) is 0 Å². The molecule has 2 rings (SSSR count). The van der Waals surface area contributed by atoms with Crippen molar-refractivity contribution in [3.8, 4) is 0 Å². The summed E-state index contributed by atoms with van der Waals surface area (Å²) in [6, 6.07) is 4.76. The van der Waals surface area contributed by atoms with E-state index in [-0.39, 0.29) is 36.4 Å². The van der Waals surface area contributed by atoms with Crippen molar-refractivity contribution < 1.29 is 9.50 Å². The number of hydrogen-bond donors (Lipinski definition) is 3. The molecular weight excluding hydrogens is 416 g/mol. The fourth-order valence-electron chi connectivity index (χ4n) is 2.28. The lowest BCUT2D eigenvalue weighted by atomic mass is 10.1. The lowest BCUT2D eigenvalue weighted by Crippen LogP contribution is -2.39. The maximum Gasteiger partial charge on any atom is 0.191 e. The zero-order valence-corrected chi connectivity index (χ0v) is 15.8. The molecule has 1 heterocycles. The van der Waals surface area contributed by atoms with Crippen molar-refractivity contribution in [2.45, 2.75) is 31.2 Å². The van der Waals surface area contributed by atoms with Gasteiger partial charge in [-0.2, -0.15) is 11.8 Å². The van der Waals surface area contributed by atoms with Crippen LogP contribution >= 0.6 is 35.7 Å². The van der Waals surface area contributed by atoms with Crippen LogP contribution in [-0.2, 0) is 13.2 Å². The summed E-state index contributed by atoms with van der Waals surface area (Å²) in [5.74, 6) is 1.62. The van der Waals surface area contributed by atoms with Crippen molar-refractivity contribution in [3.05, 3.63) is 35.1 Å². The van der Waals surface area contributed by atoms with Gasteiger partial charge in [0.25, 0.3) is 0 Å².